The van der Waals surface area contributed by atoms with Crippen molar-refractivity contribution in [1.82, 2.24) is 4.90 Å². The summed E-state index contributed by atoms with van der Waals surface area (Å²) in [6, 6.07) is 11.2. The van der Waals surface area contributed by atoms with Crippen molar-refractivity contribution in [2.45, 2.75) is 19.0 Å². The molecule has 0 spiro atoms. The van der Waals surface area contributed by atoms with E-state index in [1.54, 1.807) is 0 Å². The third-order valence-corrected chi connectivity index (χ3v) is 4.05. The monoisotopic (exact) mass is 237 g/mol. The van der Waals surface area contributed by atoms with Gasteiger partial charge in [-0.25, -0.2) is 0 Å². The first-order chi connectivity index (χ1) is 8.74. The lowest BCUT2D eigenvalue weighted by Gasteiger charge is -2.42. The SMILES string of the molecule is C=C1C=CC2CC1C(=C)CN2Cc1ccccc1. The van der Waals surface area contributed by atoms with Gasteiger partial charge in [-0.3, -0.25) is 4.90 Å². The number of nitrogens with zero attached hydrogens (tertiary/aromatic N) is 1. The predicted octanol–water partition coefficient (Wildman–Crippen LogP) is 3.56. The largest absolute Gasteiger partial charge is 0.289 e. The first-order valence-corrected chi connectivity index (χ1v) is 6.56. The van der Waals surface area contributed by atoms with E-state index in [1.165, 1.54) is 16.7 Å². The number of likely N-dealkylation sites (tertiary alicyclic amines) is 1. The summed E-state index contributed by atoms with van der Waals surface area (Å²) in [4.78, 5) is 2.51. The highest BCUT2D eigenvalue weighted by atomic mass is 15.2. The zero-order valence-corrected chi connectivity index (χ0v) is 10.7. The van der Waals surface area contributed by atoms with E-state index in [9.17, 15) is 0 Å². The average molecular weight is 237 g/mol. The maximum Gasteiger partial charge on any atom is 0.0297 e. The van der Waals surface area contributed by atoms with Crippen molar-refractivity contribution in [2.75, 3.05) is 6.54 Å². The molecule has 2 aliphatic rings. The second kappa shape index (κ2) is 4.58. The third-order valence-electron chi connectivity index (χ3n) is 4.05. The quantitative estimate of drug-likeness (QED) is 0.711. The van der Waals surface area contributed by atoms with E-state index in [-0.39, 0.29) is 0 Å². The molecule has 1 heteroatoms. The van der Waals surface area contributed by atoms with Crippen LogP contribution in [0.3, 0.4) is 0 Å². The molecule has 1 nitrogen and oxygen atoms in total. The lowest BCUT2D eigenvalue weighted by Crippen LogP contribution is -2.43. The normalized spacial score (nSPS) is 27.6. The Balaban J connectivity index is 1.80. The van der Waals surface area contributed by atoms with Crippen molar-refractivity contribution in [3.8, 4) is 0 Å². The molecule has 1 aliphatic carbocycles. The Morgan fingerprint density at radius 1 is 1.17 bits per heavy atom. The first-order valence-electron chi connectivity index (χ1n) is 6.56. The molecule has 18 heavy (non-hydrogen) atoms. The third kappa shape index (κ3) is 2.06. The van der Waals surface area contributed by atoms with Crippen molar-refractivity contribution in [3.05, 3.63) is 72.4 Å². The number of fused-ring (bicyclic) bond motifs is 2. The molecule has 1 heterocycles. The number of rotatable bonds is 2. The average Bonchev–Trinajstić information content (AvgIpc) is 2.39. The second-order valence-corrected chi connectivity index (χ2v) is 5.34. The summed E-state index contributed by atoms with van der Waals surface area (Å²) >= 11 is 0. The second-order valence-electron chi connectivity index (χ2n) is 5.34. The molecule has 0 saturated carbocycles. The van der Waals surface area contributed by atoms with Gasteiger partial charge in [-0.2, -0.15) is 0 Å². The standard InChI is InChI=1S/C17H19N/c1-13-8-9-16-10-17(13)14(2)11-18(16)12-15-6-4-3-5-7-15/h3-9,16-17H,1-2,10-12H2. The van der Waals surface area contributed by atoms with Crippen LogP contribution in [-0.2, 0) is 6.54 Å². The van der Waals surface area contributed by atoms with Gasteiger partial charge in [-0.15, -0.1) is 0 Å². The molecule has 0 N–H and O–H groups in total. The van der Waals surface area contributed by atoms with Gasteiger partial charge in [0.2, 0.25) is 0 Å². The lowest BCUT2D eigenvalue weighted by atomic mass is 9.78. The van der Waals surface area contributed by atoms with Crippen LogP contribution in [0.1, 0.15) is 12.0 Å². The molecule has 3 rings (SSSR count). The highest BCUT2D eigenvalue weighted by Gasteiger charge is 2.32. The van der Waals surface area contributed by atoms with Crippen LogP contribution in [0.5, 0.6) is 0 Å². The van der Waals surface area contributed by atoms with E-state index in [4.69, 9.17) is 0 Å². The Hall–Kier alpha value is -1.60. The summed E-state index contributed by atoms with van der Waals surface area (Å²) in [5.74, 6) is 0.507. The molecule has 92 valence electrons. The van der Waals surface area contributed by atoms with Gasteiger partial charge in [0.25, 0.3) is 0 Å². The molecular weight excluding hydrogens is 218 g/mol. The summed E-state index contributed by atoms with van der Waals surface area (Å²) in [5, 5.41) is 0. The Kier molecular flexibility index (Phi) is 2.92. The first kappa shape index (κ1) is 11.5. The predicted molar refractivity (Wildman–Crippen MR) is 76.2 cm³/mol. The van der Waals surface area contributed by atoms with Crippen LogP contribution in [0, 0.1) is 5.92 Å². The fraction of sp³-hybridized carbons (Fsp3) is 0.294. The molecule has 2 unspecified atom stereocenters. The van der Waals surface area contributed by atoms with Gasteiger partial charge in [0.1, 0.15) is 0 Å². The van der Waals surface area contributed by atoms with Crippen LogP contribution in [0.2, 0.25) is 0 Å². The number of benzene rings is 1. The Bertz CT molecular complexity index is 498. The zero-order valence-electron chi connectivity index (χ0n) is 10.7. The summed E-state index contributed by atoms with van der Waals surface area (Å²) < 4.78 is 0. The van der Waals surface area contributed by atoms with Crippen LogP contribution >= 0.6 is 0 Å². The van der Waals surface area contributed by atoms with Gasteiger partial charge in [-0.1, -0.05) is 61.2 Å². The minimum absolute atomic E-state index is 0.507. The number of allylic oxidation sites excluding steroid dienone is 2. The van der Waals surface area contributed by atoms with Gasteiger partial charge in [0.15, 0.2) is 0 Å². The molecule has 0 amide bonds. The Morgan fingerprint density at radius 2 is 1.94 bits per heavy atom. The highest BCUT2D eigenvalue weighted by molar-refractivity contribution is 5.34. The number of hydrogen-bond acceptors (Lipinski definition) is 1. The Labute approximate surface area is 109 Å². The fourth-order valence-electron chi connectivity index (χ4n) is 3.00. The summed E-state index contributed by atoms with van der Waals surface area (Å²) in [5.41, 5.74) is 3.92. The Morgan fingerprint density at radius 3 is 2.72 bits per heavy atom. The summed E-state index contributed by atoms with van der Waals surface area (Å²) in [7, 11) is 0. The van der Waals surface area contributed by atoms with Crippen LogP contribution in [0.4, 0.5) is 0 Å². The molecule has 0 radical (unpaired) electrons. The van der Waals surface area contributed by atoms with Gasteiger partial charge < -0.3 is 0 Å². The van der Waals surface area contributed by atoms with Crippen LogP contribution < -0.4 is 0 Å². The van der Waals surface area contributed by atoms with Crippen LogP contribution in [-0.4, -0.2) is 17.5 Å². The van der Waals surface area contributed by atoms with Crippen LogP contribution in [0.25, 0.3) is 0 Å². The minimum Gasteiger partial charge on any atom is -0.289 e. The van der Waals surface area contributed by atoms with E-state index in [2.05, 4.69) is 60.5 Å². The fourth-order valence-corrected chi connectivity index (χ4v) is 3.00. The number of piperidine rings is 1. The van der Waals surface area contributed by atoms with Crippen molar-refractivity contribution in [3.63, 3.8) is 0 Å². The maximum absolute atomic E-state index is 4.24. The topological polar surface area (TPSA) is 3.24 Å². The molecule has 1 fully saturated rings. The summed E-state index contributed by atoms with van der Waals surface area (Å²) in [6.07, 6.45) is 5.64. The molecule has 1 aromatic carbocycles. The highest BCUT2D eigenvalue weighted by Crippen LogP contribution is 2.36. The van der Waals surface area contributed by atoms with E-state index >= 15 is 0 Å². The van der Waals surface area contributed by atoms with Gasteiger partial charge in [0, 0.05) is 25.0 Å². The van der Waals surface area contributed by atoms with E-state index in [1.807, 2.05) is 0 Å². The van der Waals surface area contributed by atoms with E-state index < -0.39 is 0 Å². The van der Waals surface area contributed by atoms with Crippen molar-refractivity contribution >= 4 is 0 Å². The van der Waals surface area contributed by atoms with E-state index in [0.29, 0.717) is 12.0 Å². The minimum atomic E-state index is 0.507. The van der Waals surface area contributed by atoms with Gasteiger partial charge >= 0.3 is 0 Å². The lowest BCUT2D eigenvalue weighted by molar-refractivity contribution is 0.181. The molecule has 1 aliphatic heterocycles. The molecule has 1 aromatic rings. The zero-order chi connectivity index (χ0) is 12.5. The van der Waals surface area contributed by atoms with Crippen molar-refractivity contribution < 1.29 is 0 Å². The summed E-state index contributed by atoms with van der Waals surface area (Å²) in [6.45, 7) is 10.4. The van der Waals surface area contributed by atoms with Crippen LogP contribution in [0.15, 0.2) is 66.8 Å². The molecular formula is C17H19N. The van der Waals surface area contributed by atoms with Crippen molar-refractivity contribution in [2.24, 2.45) is 5.92 Å². The van der Waals surface area contributed by atoms with Gasteiger partial charge in [0.05, 0.1) is 0 Å². The van der Waals surface area contributed by atoms with Gasteiger partial charge in [-0.05, 0) is 17.6 Å². The molecule has 2 atom stereocenters. The number of hydrogen-bond donors (Lipinski definition) is 0. The molecule has 0 aromatic heterocycles. The van der Waals surface area contributed by atoms with Crippen molar-refractivity contribution in [1.29, 1.82) is 0 Å². The molecule has 1 saturated heterocycles. The maximum atomic E-state index is 4.24. The molecule has 2 bridgehead atoms. The van der Waals surface area contributed by atoms with E-state index in [0.717, 1.165) is 19.5 Å². The smallest absolute Gasteiger partial charge is 0.0297 e.